The van der Waals surface area contributed by atoms with Gasteiger partial charge in [0.2, 0.25) is 11.8 Å². The van der Waals surface area contributed by atoms with Gasteiger partial charge in [-0.2, -0.15) is 0 Å². The van der Waals surface area contributed by atoms with Gasteiger partial charge in [0, 0.05) is 12.0 Å². The molecule has 3 amide bonds. The summed E-state index contributed by atoms with van der Waals surface area (Å²) in [5.74, 6) is -1.66. The van der Waals surface area contributed by atoms with Crippen molar-refractivity contribution < 1.29 is 23.5 Å². The number of halogens is 1. The van der Waals surface area contributed by atoms with E-state index in [1.165, 1.54) is 37.1 Å². The van der Waals surface area contributed by atoms with Crippen LogP contribution in [0.1, 0.15) is 92.9 Å². The lowest BCUT2D eigenvalue weighted by molar-refractivity contribution is -0.131. The zero-order chi connectivity index (χ0) is 26.9. The van der Waals surface area contributed by atoms with Crippen LogP contribution in [0.25, 0.3) is 0 Å². The van der Waals surface area contributed by atoms with Gasteiger partial charge in [-0.25, -0.2) is 9.18 Å². The lowest BCUT2D eigenvalue weighted by Gasteiger charge is -2.32. The zero-order valence-electron chi connectivity index (χ0n) is 21.8. The third kappa shape index (κ3) is 7.55. The Balaban J connectivity index is 1.35. The predicted molar refractivity (Wildman–Crippen MR) is 142 cm³/mol. The molecule has 8 heteroatoms. The fourth-order valence-corrected chi connectivity index (χ4v) is 5.71. The topological polar surface area (TPSA) is 111 Å². The van der Waals surface area contributed by atoms with Crippen LogP contribution in [-0.2, 0) is 20.9 Å². The van der Waals surface area contributed by atoms with Crippen molar-refractivity contribution in [2.24, 2.45) is 11.7 Å². The van der Waals surface area contributed by atoms with Crippen LogP contribution in [0.4, 0.5) is 9.18 Å². The van der Waals surface area contributed by atoms with Gasteiger partial charge in [0.1, 0.15) is 18.5 Å². The third-order valence-electron chi connectivity index (χ3n) is 7.83. The second-order valence-corrected chi connectivity index (χ2v) is 10.5. The van der Waals surface area contributed by atoms with E-state index in [1.807, 2.05) is 24.3 Å². The van der Waals surface area contributed by atoms with E-state index in [1.54, 1.807) is 0 Å². The Morgan fingerprint density at radius 3 is 2.16 bits per heavy atom. The molecule has 0 heterocycles. The Morgan fingerprint density at radius 2 is 1.50 bits per heavy atom. The lowest BCUT2D eigenvalue weighted by Crippen LogP contribution is -2.42. The standard InChI is InChI=1S/C30H38FN3O4/c31-23-17-15-22(16-18-23)27(28(32)35)34-29(36)26-10-6-5-9-25(26)21-13-11-20(12-14-21)19-38-30(37)33-24-7-3-1-2-4-8-24/h11-18,24-27H,1-10,19H2,(H2,32,35)(H,33,37)(H,34,36)/t25-,26+,27-/m0/s1. The average Bonchev–Trinajstić information content (AvgIpc) is 3.20. The fourth-order valence-electron chi connectivity index (χ4n) is 5.71. The Bertz CT molecular complexity index is 1080. The van der Waals surface area contributed by atoms with Crippen molar-refractivity contribution in [3.05, 3.63) is 71.0 Å². The summed E-state index contributed by atoms with van der Waals surface area (Å²) >= 11 is 0. The van der Waals surface area contributed by atoms with E-state index in [-0.39, 0.29) is 36.5 Å². The number of ether oxygens (including phenoxy) is 1. The Hall–Kier alpha value is -3.42. The molecule has 0 unspecified atom stereocenters. The molecular formula is C30H38FN3O4. The maximum Gasteiger partial charge on any atom is 0.407 e. The summed E-state index contributed by atoms with van der Waals surface area (Å²) in [4.78, 5) is 37.7. The predicted octanol–water partition coefficient (Wildman–Crippen LogP) is 5.39. The molecule has 3 atom stereocenters. The smallest absolute Gasteiger partial charge is 0.407 e. The van der Waals surface area contributed by atoms with Crippen LogP contribution >= 0.6 is 0 Å². The number of alkyl carbamates (subject to hydrolysis) is 1. The van der Waals surface area contributed by atoms with E-state index < -0.39 is 17.8 Å². The number of nitrogens with two attached hydrogens (primary N) is 1. The van der Waals surface area contributed by atoms with Crippen LogP contribution in [0.3, 0.4) is 0 Å². The molecule has 2 aliphatic rings. The molecule has 2 aromatic carbocycles. The van der Waals surface area contributed by atoms with Crippen molar-refractivity contribution in [3.63, 3.8) is 0 Å². The largest absolute Gasteiger partial charge is 0.445 e. The maximum atomic E-state index is 13.3. The summed E-state index contributed by atoms with van der Waals surface area (Å²) in [6, 6.07) is 12.4. The molecule has 2 saturated carbocycles. The number of primary amides is 1. The van der Waals surface area contributed by atoms with Crippen molar-refractivity contribution in [2.45, 2.75) is 88.8 Å². The molecule has 2 aliphatic carbocycles. The molecule has 0 aliphatic heterocycles. The van der Waals surface area contributed by atoms with Crippen LogP contribution in [0.5, 0.6) is 0 Å². The molecule has 38 heavy (non-hydrogen) atoms. The van der Waals surface area contributed by atoms with Gasteiger partial charge >= 0.3 is 6.09 Å². The molecule has 2 aromatic rings. The molecule has 0 spiro atoms. The molecule has 0 saturated heterocycles. The Labute approximate surface area is 223 Å². The molecule has 0 aromatic heterocycles. The van der Waals surface area contributed by atoms with E-state index in [0.29, 0.717) is 12.0 Å². The highest BCUT2D eigenvalue weighted by Crippen LogP contribution is 2.38. The number of nitrogens with one attached hydrogen (secondary N) is 2. The first-order chi connectivity index (χ1) is 18.4. The van der Waals surface area contributed by atoms with Gasteiger partial charge in [0.25, 0.3) is 0 Å². The number of rotatable bonds is 8. The quantitative estimate of drug-likeness (QED) is 0.403. The third-order valence-corrected chi connectivity index (χ3v) is 7.83. The highest BCUT2D eigenvalue weighted by Gasteiger charge is 2.34. The molecule has 0 radical (unpaired) electrons. The van der Waals surface area contributed by atoms with E-state index in [0.717, 1.165) is 56.1 Å². The number of hydrogen-bond donors (Lipinski definition) is 3. The van der Waals surface area contributed by atoms with Gasteiger partial charge in [0.05, 0.1) is 0 Å². The maximum absolute atomic E-state index is 13.3. The number of hydrogen-bond acceptors (Lipinski definition) is 4. The molecule has 204 valence electrons. The van der Waals surface area contributed by atoms with Crippen LogP contribution in [0.15, 0.2) is 48.5 Å². The van der Waals surface area contributed by atoms with Crippen LogP contribution in [0.2, 0.25) is 0 Å². The van der Waals surface area contributed by atoms with Gasteiger partial charge in [-0.1, -0.05) is 74.9 Å². The van der Waals surface area contributed by atoms with E-state index >= 15 is 0 Å². The second-order valence-electron chi connectivity index (χ2n) is 10.5. The normalized spacial score (nSPS) is 21.1. The Morgan fingerprint density at radius 1 is 0.868 bits per heavy atom. The number of amides is 3. The van der Waals surface area contributed by atoms with Crippen molar-refractivity contribution in [1.29, 1.82) is 0 Å². The summed E-state index contributed by atoms with van der Waals surface area (Å²) in [6.07, 6.45) is 9.86. The van der Waals surface area contributed by atoms with Crippen molar-refractivity contribution in [3.8, 4) is 0 Å². The van der Waals surface area contributed by atoms with Crippen LogP contribution in [-0.4, -0.2) is 23.9 Å². The zero-order valence-corrected chi connectivity index (χ0v) is 21.8. The first kappa shape index (κ1) is 27.6. The highest BCUT2D eigenvalue weighted by atomic mass is 19.1. The first-order valence-corrected chi connectivity index (χ1v) is 13.8. The van der Waals surface area contributed by atoms with Gasteiger partial charge in [-0.3, -0.25) is 9.59 Å². The van der Waals surface area contributed by atoms with Crippen molar-refractivity contribution >= 4 is 17.9 Å². The van der Waals surface area contributed by atoms with Crippen molar-refractivity contribution in [1.82, 2.24) is 10.6 Å². The fraction of sp³-hybridized carbons (Fsp3) is 0.500. The number of benzene rings is 2. The van der Waals surface area contributed by atoms with E-state index in [2.05, 4.69) is 10.6 Å². The van der Waals surface area contributed by atoms with Crippen LogP contribution in [0, 0.1) is 11.7 Å². The molecule has 0 bridgehead atoms. The molecule has 4 rings (SSSR count). The summed E-state index contributed by atoms with van der Waals surface area (Å²) in [6.45, 7) is 0.186. The monoisotopic (exact) mass is 523 g/mol. The summed E-state index contributed by atoms with van der Waals surface area (Å²) < 4.78 is 18.8. The average molecular weight is 524 g/mol. The van der Waals surface area contributed by atoms with Gasteiger partial charge in [-0.05, 0) is 60.4 Å². The first-order valence-electron chi connectivity index (χ1n) is 13.8. The highest BCUT2D eigenvalue weighted by molar-refractivity contribution is 5.89. The summed E-state index contributed by atoms with van der Waals surface area (Å²) in [7, 11) is 0. The SMILES string of the molecule is NC(=O)[C@@H](NC(=O)[C@@H]1CCCC[C@H]1c1ccc(COC(=O)NC2CCCCCC2)cc1)c1ccc(F)cc1. The minimum Gasteiger partial charge on any atom is -0.445 e. The minimum atomic E-state index is -1.02. The molecular weight excluding hydrogens is 485 g/mol. The van der Waals surface area contributed by atoms with Gasteiger partial charge in [0.15, 0.2) is 0 Å². The van der Waals surface area contributed by atoms with E-state index in [4.69, 9.17) is 10.5 Å². The second kappa shape index (κ2) is 13.4. The van der Waals surface area contributed by atoms with Crippen LogP contribution < -0.4 is 16.4 Å². The van der Waals surface area contributed by atoms with E-state index in [9.17, 15) is 18.8 Å². The molecule has 4 N–H and O–H groups in total. The molecule has 7 nitrogen and oxygen atoms in total. The lowest BCUT2D eigenvalue weighted by atomic mass is 9.74. The summed E-state index contributed by atoms with van der Waals surface area (Å²) in [5.41, 5.74) is 7.94. The number of carbonyl (C=O) groups is 3. The van der Waals surface area contributed by atoms with Crippen molar-refractivity contribution in [2.75, 3.05) is 0 Å². The number of carbonyl (C=O) groups excluding carboxylic acids is 3. The van der Waals surface area contributed by atoms with Gasteiger partial charge < -0.3 is 21.1 Å². The Kier molecular flexibility index (Phi) is 9.73. The van der Waals surface area contributed by atoms with Gasteiger partial charge in [-0.15, -0.1) is 0 Å². The molecule has 2 fully saturated rings. The summed E-state index contributed by atoms with van der Waals surface area (Å²) in [5, 5.41) is 5.79. The minimum absolute atomic E-state index is 0.000928.